The Kier molecular flexibility index (Phi) is 3.44. The molecule has 1 atom stereocenters. The third kappa shape index (κ3) is 2.19. The largest absolute Gasteiger partial charge is 0.369 e. The quantitative estimate of drug-likeness (QED) is 0.845. The molecular formula is C13H19FN2. The number of hydrogen-bond donors (Lipinski definition) is 1. The topological polar surface area (TPSA) is 15.3 Å². The summed E-state index contributed by atoms with van der Waals surface area (Å²) in [5.41, 5.74) is 2.23. The van der Waals surface area contributed by atoms with Crippen molar-refractivity contribution in [2.24, 2.45) is 0 Å². The van der Waals surface area contributed by atoms with Crippen LogP contribution in [0.25, 0.3) is 0 Å². The third-order valence-electron chi connectivity index (χ3n) is 3.27. The van der Waals surface area contributed by atoms with Crippen molar-refractivity contribution in [3.05, 3.63) is 29.6 Å². The molecule has 1 N–H and O–H groups in total. The van der Waals surface area contributed by atoms with Crippen molar-refractivity contribution < 1.29 is 4.39 Å². The van der Waals surface area contributed by atoms with Crippen LogP contribution in [0.4, 0.5) is 10.1 Å². The molecule has 1 aliphatic heterocycles. The van der Waals surface area contributed by atoms with Gasteiger partial charge in [-0.1, -0.05) is 0 Å². The fraction of sp³-hybridized carbons (Fsp3) is 0.538. The minimum Gasteiger partial charge on any atom is -0.369 e. The van der Waals surface area contributed by atoms with Gasteiger partial charge in [0.15, 0.2) is 0 Å². The van der Waals surface area contributed by atoms with Crippen LogP contribution in [0, 0.1) is 5.82 Å². The summed E-state index contributed by atoms with van der Waals surface area (Å²) in [5.74, 6) is -0.152. The highest BCUT2D eigenvalue weighted by Crippen LogP contribution is 2.29. The lowest BCUT2D eigenvalue weighted by atomic mass is 10.1. The van der Waals surface area contributed by atoms with E-state index >= 15 is 0 Å². The summed E-state index contributed by atoms with van der Waals surface area (Å²) in [6, 6.07) is 5.67. The lowest BCUT2D eigenvalue weighted by Gasteiger charge is -2.26. The maximum atomic E-state index is 13.2. The average molecular weight is 222 g/mol. The molecule has 1 aliphatic rings. The van der Waals surface area contributed by atoms with Gasteiger partial charge < -0.3 is 10.2 Å². The lowest BCUT2D eigenvalue weighted by Crippen LogP contribution is -2.28. The molecule has 0 saturated carbocycles. The number of nitrogens with one attached hydrogen (secondary N) is 1. The van der Waals surface area contributed by atoms with Gasteiger partial charge in [0.05, 0.1) is 0 Å². The standard InChI is InChI=1S/C13H19FN2/c1-10-4-3-7-16(10)13-6-5-12(14)8-11(13)9-15-2/h5-6,8,10,15H,3-4,7,9H2,1-2H3. The van der Waals surface area contributed by atoms with E-state index in [1.54, 1.807) is 12.1 Å². The molecule has 0 radical (unpaired) electrons. The minimum atomic E-state index is -0.152. The number of nitrogens with zero attached hydrogens (tertiary/aromatic N) is 1. The number of hydrogen-bond acceptors (Lipinski definition) is 2. The van der Waals surface area contributed by atoms with Crippen LogP contribution in [-0.4, -0.2) is 19.6 Å². The van der Waals surface area contributed by atoms with Gasteiger partial charge >= 0.3 is 0 Å². The summed E-state index contributed by atoms with van der Waals surface area (Å²) in [6.07, 6.45) is 2.47. The summed E-state index contributed by atoms with van der Waals surface area (Å²) in [4.78, 5) is 2.38. The summed E-state index contributed by atoms with van der Waals surface area (Å²) in [6.45, 7) is 4.04. The van der Waals surface area contributed by atoms with E-state index < -0.39 is 0 Å². The van der Waals surface area contributed by atoms with E-state index in [1.807, 2.05) is 13.1 Å². The van der Waals surface area contributed by atoms with Crippen molar-refractivity contribution in [3.8, 4) is 0 Å². The van der Waals surface area contributed by atoms with Gasteiger partial charge in [0, 0.05) is 24.8 Å². The zero-order valence-corrected chi connectivity index (χ0v) is 9.96. The molecule has 2 nitrogen and oxygen atoms in total. The summed E-state index contributed by atoms with van der Waals surface area (Å²) < 4.78 is 13.2. The van der Waals surface area contributed by atoms with Crippen molar-refractivity contribution in [1.82, 2.24) is 5.32 Å². The molecule has 0 spiro atoms. The number of benzene rings is 1. The van der Waals surface area contributed by atoms with Crippen LogP contribution in [0.1, 0.15) is 25.3 Å². The van der Waals surface area contributed by atoms with Gasteiger partial charge in [0.2, 0.25) is 0 Å². The molecule has 0 aliphatic carbocycles. The zero-order valence-electron chi connectivity index (χ0n) is 9.96. The highest BCUT2D eigenvalue weighted by Gasteiger charge is 2.22. The van der Waals surface area contributed by atoms with Crippen molar-refractivity contribution in [1.29, 1.82) is 0 Å². The Morgan fingerprint density at radius 2 is 2.31 bits per heavy atom. The Balaban J connectivity index is 2.31. The number of halogens is 1. The maximum Gasteiger partial charge on any atom is 0.123 e. The van der Waals surface area contributed by atoms with Crippen molar-refractivity contribution in [3.63, 3.8) is 0 Å². The van der Waals surface area contributed by atoms with Gasteiger partial charge in [-0.15, -0.1) is 0 Å². The van der Waals surface area contributed by atoms with Gasteiger partial charge in [-0.05, 0) is 50.6 Å². The predicted octanol–water partition coefficient (Wildman–Crippen LogP) is 2.53. The molecule has 3 heteroatoms. The smallest absolute Gasteiger partial charge is 0.123 e. The maximum absolute atomic E-state index is 13.2. The first-order valence-corrected chi connectivity index (χ1v) is 5.92. The van der Waals surface area contributed by atoms with Crippen LogP contribution < -0.4 is 10.2 Å². The van der Waals surface area contributed by atoms with Crippen LogP contribution in [0.15, 0.2) is 18.2 Å². The second kappa shape index (κ2) is 4.83. The molecule has 0 amide bonds. The second-order valence-electron chi connectivity index (χ2n) is 4.49. The molecule has 1 fully saturated rings. The number of rotatable bonds is 3. The zero-order chi connectivity index (χ0) is 11.5. The predicted molar refractivity (Wildman–Crippen MR) is 65.2 cm³/mol. The van der Waals surface area contributed by atoms with E-state index in [2.05, 4.69) is 17.1 Å². The Morgan fingerprint density at radius 3 is 2.94 bits per heavy atom. The molecule has 0 bridgehead atoms. The molecule has 1 unspecified atom stereocenters. The van der Waals surface area contributed by atoms with Crippen molar-refractivity contribution >= 4 is 5.69 Å². The van der Waals surface area contributed by atoms with Crippen LogP contribution in [0.2, 0.25) is 0 Å². The normalized spacial score (nSPS) is 20.4. The molecule has 1 heterocycles. The SMILES string of the molecule is CNCc1cc(F)ccc1N1CCCC1C. The van der Waals surface area contributed by atoms with Gasteiger partial charge in [0.1, 0.15) is 5.82 Å². The molecular weight excluding hydrogens is 203 g/mol. The Bertz CT molecular complexity index is 365. The van der Waals surface area contributed by atoms with Crippen LogP contribution in [-0.2, 0) is 6.54 Å². The Morgan fingerprint density at radius 1 is 1.50 bits per heavy atom. The summed E-state index contributed by atoms with van der Waals surface area (Å²) >= 11 is 0. The van der Waals surface area contributed by atoms with E-state index in [9.17, 15) is 4.39 Å². The molecule has 0 aromatic heterocycles. The van der Waals surface area contributed by atoms with E-state index in [1.165, 1.54) is 18.5 Å². The Hall–Kier alpha value is -1.09. The molecule has 1 saturated heterocycles. The lowest BCUT2D eigenvalue weighted by molar-refractivity contribution is 0.622. The van der Waals surface area contributed by atoms with Crippen LogP contribution in [0.5, 0.6) is 0 Å². The monoisotopic (exact) mass is 222 g/mol. The molecule has 2 rings (SSSR count). The van der Waals surface area contributed by atoms with E-state index in [4.69, 9.17) is 0 Å². The van der Waals surface area contributed by atoms with Gasteiger partial charge in [-0.3, -0.25) is 0 Å². The van der Waals surface area contributed by atoms with Gasteiger partial charge in [-0.25, -0.2) is 4.39 Å². The van der Waals surface area contributed by atoms with Crippen LogP contribution >= 0.6 is 0 Å². The average Bonchev–Trinajstić information content (AvgIpc) is 2.65. The van der Waals surface area contributed by atoms with Crippen LogP contribution in [0.3, 0.4) is 0 Å². The third-order valence-corrected chi connectivity index (χ3v) is 3.27. The fourth-order valence-electron chi connectivity index (χ4n) is 2.46. The minimum absolute atomic E-state index is 0.152. The molecule has 88 valence electrons. The van der Waals surface area contributed by atoms with Crippen molar-refractivity contribution in [2.45, 2.75) is 32.4 Å². The van der Waals surface area contributed by atoms with E-state index in [0.29, 0.717) is 6.04 Å². The summed E-state index contributed by atoms with van der Waals surface area (Å²) in [5, 5.41) is 3.10. The van der Waals surface area contributed by atoms with Gasteiger partial charge in [-0.2, -0.15) is 0 Å². The van der Waals surface area contributed by atoms with E-state index in [-0.39, 0.29) is 5.82 Å². The fourth-order valence-corrected chi connectivity index (χ4v) is 2.46. The second-order valence-corrected chi connectivity index (χ2v) is 4.49. The highest BCUT2D eigenvalue weighted by molar-refractivity contribution is 5.55. The number of anilines is 1. The summed E-state index contributed by atoms with van der Waals surface area (Å²) in [7, 11) is 1.89. The first-order chi connectivity index (χ1) is 7.72. The van der Waals surface area contributed by atoms with E-state index in [0.717, 1.165) is 18.7 Å². The molecule has 16 heavy (non-hydrogen) atoms. The first kappa shape index (κ1) is 11.4. The molecule has 1 aromatic rings. The first-order valence-electron chi connectivity index (χ1n) is 5.92. The van der Waals surface area contributed by atoms with Crippen molar-refractivity contribution in [2.75, 3.05) is 18.5 Å². The molecule has 1 aromatic carbocycles. The Labute approximate surface area is 96.5 Å². The van der Waals surface area contributed by atoms with Gasteiger partial charge in [0.25, 0.3) is 0 Å². The highest BCUT2D eigenvalue weighted by atomic mass is 19.1.